The van der Waals surface area contributed by atoms with Gasteiger partial charge in [0.25, 0.3) is 0 Å². The molecular weight excluding hydrogens is 368 g/mol. The van der Waals surface area contributed by atoms with Crippen LogP contribution in [0, 0.1) is 17.2 Å². The van der Waals surface area contributed by atoms with E-state index in [1.165, 1.54) is 0 Å². The lowest BCUT2D eigenvalue weighted by Crippen LogP contribution is -2.37. The van der Waals surface area contributed by atoms with Crippen molar-refractivity contribution in [2.45, 2.75) is 6.42 Å². The van der Waals surface area contributed by atoms with Crippen molar-refractivity contribution in [3.63, 3.8) is 0 Å². The SMILES string of the molecule is N#Cc1cccc(N2CC(C(=O)Nc3ccccc3N3CCOCC3)CC2=O)c1. The maximum atomic E-state index is 12.9. The van der Waals surface area contributed by atoms with Crippen LogP contribution in [-0.2, 0) is 14.3 Å². The fourth-order valence-electron chi connectivity index (χ4n) is 3.77. The molecule has 1 unspecified atom stereocenters. The molecular formula is C22H22N4O3. The molecule has 1 atom stereocenters. The maximum absolute atomic E-state index is 12.9. The maximum Gasteiger partial charge on any atom is 0.229 e. The highest BCUT2D eigenvalue weighted by atomic mass is 16.5. The van der Waals surface area contributed by atoms with E-state index in [1.807, 2.05) is 24.3 Å². The van der Waals surface area contributed by atoms with E-state index in [4.69, 9.17) is 10.00 Å². The second kappa shape index (κ2) is 8.33. The van der Waals surface area contributed by atoms with Crippen LogP contribution in [-0.4, -0.2) is 44.7 Å². The molecule has 2 saturated heterocycles. The van der Waals surface area contributed by atoms with Gasteiger partial charge in [-0.25, -0.2) is 0 Å². The quantitative estimate of drug-likeness (QED) is 0.866. The zero-order valence-electron chi connectivity index (χ0n) is 16.0. The molecule has 2 aromatic carbocycles. The molecule has 29 heavy (non-hydrogen) atoms. The molecule has 1 N–H and O–H groups in total. The minimum Gasteiger partial charge on any atom is -0.378 e. The second-order valence-corrected chi connectivity index (χ2v) is 7.17. The number of hydrogen-bond acceptors (Lipinski definition) is 5. The molecule has 0 aromatic heterocycles. The topological polar surface area (TPSA) is 85.7 Å². The summed E-state index contributed by atoms with van der Waals surface area (Å²) in [5, 5.41) is 12.1. The fraction of sp³-hybridized carbons (Fsp3) is 0.318. The number of morpholine rings is 1. The fourth-order valence-corrected chi connectivity index (χ4v) is 3.77. The summed E-state index contributed by atoms with van der Waals surface area (Å²) >= 11 is 0. The predicted octanol–water partition coefficient (Wildman–Crippen LogP) is 2.39. The second-order valence-electron chi connectivity index (χ2n) is 7.17. The average Bonchev–Trinajstić information content (AvgIpc) is 3.16. The van der Waals surface area contributed by atoms with E-state index in [1.54, 1.807) is 29.2 Å². The highest BCUT2D eigenvalue weighted by molar-refractivity contribution is 6.04. The van der Waals surface area contributed by atoms with Crippen molar-refractivity contribution in [1.29, 1.82) is 5.26 Å². The van der Waals surface area contributed by atoms with E-state index >= 15 is 0 Å². The number of nitrogens with one attached hydrogen (secondary N) is 1. The van der Waals surface area contributed by atoms with Crippen molar-refractivity contribution in [3.8, 4) is 6.07 Å². The van der Waals surface area contributed by atoms with Crippen LogP contribution in [0.5, 0.6) is 0 Å². The number of hydrogen-bond donors (Lipinski definition) is 1. The van der Waals surface area contributed by atoms with E-state index < -0.39 is 5.92 Å². The third kappa shape index (κ3) is 4.08. The molecule has 2 fully saturated rings. The van der Waals surface area contributed by atoms with Crippen molar-refractivity contribution in [2.75, 3.05) is 48.0 Å². The Morgan fingerprint density at radius 1 is 1.14 bits per heavy atom. The van der Waals surface area contributed by atoms with Crippen LogP contribution in [0.25, 0.3) is 0 Å². The molecule has 7 nitrogen and oxygen atoms in total. The van der Waals surface area contributed by atoms with Crippen molar-refractivity contribution >= 4 is 28.9 Å². The number of anilines is 3. The minimum atomic E-state index is -0.439. The molecule has 0 radical (unpaired) electrons. The Hall–Kier alpha value is -3.37. The molecule has 2 aliphatic heterocycles. The van der Waals surface area contributed by atoms with Gasteiger partial charge in [-0.2, -0.15) is 5.26 Å². The first-order valence-electron chi connectivity index (χ1n) is 9.69. The number of benzene rings is 2. The highest BCUT2D eigenvalue weighted by Gasteiger charge is 2.35. The normalized spacial score (nSPS) is 19.1. The lowest BCUT2D eigenvalue weighted by atomic mass is 10.1. The highest BCUT2D eigenvalue weighted by Crippen LogP contribution is 2.30. The van der Waals surface area contributed by atoms with Gasteiger partial charge < -0.3 is 19.9 Å². The third-order valence-corrected chi connectivity index (χ3v) is 5.30. The number of rotatable bonds is 4. The number of carbonyl (C=O) groups is 2. The van der Waals surface area contributed by atoms with Gasteiger partial charge in [0, 0.05) is 31.7 Å². The number of nitrogens with zero attached hydrogens (tertiary/aromatic N) is 3. The van der Waals surface area contributed by atoms with Crippen LogP contribution in [0.2, 0.25) is 0 Å². The van der Waals surface area contributed by atoms with Gasteiger partial charge >= 0.3 is 0 Å². The number of para-hydroxylation sites is 2. The van der Waals surface area contributed by atoms with Gasteiger partial charge in [-0.3, -0.25) is 9.59 Å². The first kappa shape index (κ1) is 19.0. The van der Waals surface area contributed by atoms with Gasteiger partial charge in [-0.1, -0.05) is 18.2 Å². The van der Waals surface area contributed by atoms with Gasteiger partial charge in [-0.15, -0.1) is 0 Å². The summed E-state index contributed by atoms with van der Waals surface area (Å²) in [5.41, 5.74) is 2.85. The Morgan fingerprint density at radius 2 is 1.93 bits per heavy atom. The summed E-state index contributed by atoms with van der Waals surface area (Å²) in [6.45, 7) is 3.18. The molecule has 2 aromatic rings. The standard InChI is InChI=1S/C22H22N4O3/c23-14-16-4-3-5-18(12-16)26-15-17(13-21(26)27)22(28)24-19-6-1-2-7-20(19)25-8-10-29-11-9-25/h1-7,12,17H,8-11,13,15H2,(H,24,28). The summed E-state index contributed by atoms with van der Waals surface area (Å²) in [6.07, 6.45) is 0.155. The van der Waals surface area contributed by atoms with Crippen LogP contribution >= 0.6 is 0 Å². The number of nitriles is 1. The Balaban J connectivity index is 1.47. The van der Waals surface area contributed by atoms with Crippen LogP contribution in [0.4, 0.5) is 17.1 Å². The molecule has 0 saturated carbocycles. The summed E-state index contributed by atoms with van der Waals surface area (Å²) in [6, 6.07) is 16.7. The van der Waals surface area contributed by atoms with Crippen LogP contribution < -0.4 is 15.1 Å². The van der Waals surface area contributed by atoms with Crippen molar-refractivity contribution in [1.82, 2.24) is 0 Å². The smallest absolute Gasteiger partial charge is 0.229 e. The van der Waals surface area contributed by atoms with E-state index in [0.717, 1.165) is 24.5 Å². The monoisotopic (exact) mass is 390 g/mol. The first-order valence-corrected chi connectivity index (χ1v) is 9.69. The van der Waals surface area contributed by atoms with Crippen LogP contribution in [0.1, 0.15) is 12.0 Å². The van der Waals surface area contributed by atoms with E-state index in [-0.39, 0.29) is 18.2 Å². The number of ether oxygens (including phenoxy) is 1. The largest absolute Gasteiger partial charge is 0.378 e. The summed E-state index contributed by atoms with van der Waals surface area (Å²) in [7, 11) is 0. The van der Waals surface area contributed by atoms with Crippen molar-refractivity contribution in [3.05, 3.63) is 54.1 Å². The molecule has 2 aliphatic rings. The lowest BCUT2D eigenvalue weighted by Gasteiger charge is -2.30. The predicted molar refractivity (Wildman–Crippen MR) is 110 cm³/mol. The molecule has 4 rings (SSSR count). The summed E-state index contributed by atoms with van der Waals surface area (Å²) in [5.74, 6) is -0.717. The molecule has 0 aliphatic carbocycles. The molecule has 2 amide bonds. The molecule has 2 heterocycles. The number of amides is 2. The Bertz CT molecular complexity index is 963. The lowest BCUT2D eigenvalue weighted by molar-refractivity contribution is -0.122. The molecule has 0 spiro atoms. The van der Waals surface area contributed by atoms with E-state index in [0.29, 0.717) is 31.0 Å². The van der Waals surface area contributed by atoms with Gasteiger partial charge in [0.1, 0.15) is 0 Å². The van der Waals surface area contributed by atoms with Crippen molar-refractivity contribution in [2.24, 2.45) is 5.92 Å². The minimum absolute atomic E-state index is 0.110. The van der Waals surface area contributed by atoms with Gasteiger partial charge in [0.15, 0.2) is 0 Å². The Labute approximate surface area is 169 Å². The van der Waals surface area contributed by atoms with E-state index in [9.17, 15) is 9.59 Å². The molecule has 0 bridgehead atoms. The number of carbonyl (C=O) groups excluding carboxylic acids is 2. The first-order chi connectivity index (χ1) is 14.2. The Morgan fingerprint density at radius 3 is 2.72 bits per heavy atom. The van der Waals surface area contributed by atoms with Gasteiger partial charge in [-0.05, 0) is 30.3 Å². The average molecular weight is 390 g/mol. The van der Waals surface area contributed by atoms with Gasteiger partial charge in [0.2, 0.25) is 11.8 Å². The van der Waals surface area contributed by atoms with Gasteiger partial charge in [0.05, 0.1) is 42.1 Å². The summed E-state index contributed by atoms with van der Waals surface area (Å²) in [4.78, 5) is 29.2. The zero-order valence-corrected chi connectivity index (χ0v) is 16.0. The molecule has 148 valence electrons. The van der Waals surface area contributed by atoms with Crippen molar-refractivity contribution < 1.29 is 14.3 Å². The molecule has 7 heteroatoms. The third-order valence-electron chi connectivity index (χ3n) is 5.30. The zero-order chi connectivity index (χ0) is 20.2. The summed E-state index contributed by atoms with van der Waals surface area (Å²) < 4.78 is 5.41. The van der Waals surface area contributed by atoms with Crippen LogP contribution in [0.3, 0.4) is 0 Å². The van der Waals surface area contributed by atoms with E-state index in [2.05, 4.69) is 16.3 Å². The Kier molecular flexibility index (Phi) is 5.45. The van der Waals surface area contributed by atoms with Crippen LogP contribution in [0.15, 0.2) is 48.5 Å².